The summed E-state index contributed by atoms with van der Waals surface area (Å²) in [6.07, 6.45) is 4.41. The number of piperidine rings is 3. The first-order valence-electron chi connectivity index (χ1n) is 13.6. The summed E-state index contributed by atoms with van der Waals surface area (Å²) in [6.45, 7) is 5.82. The molecule has 4 amide bonds. The average molecular weight is 552 g/mol. The van der Waals surface area contributed by atoms with E-state index in [4.69, 9.17) is 11.6 Å². The Kier molecular flexibility index (Phi) is 7.68. The van der Waals surface area contributed by atoms with Crippen LogP contribution >= 0.6 is 11.6 Å². The molecule has 0 unspecified atom stereocenters. The van der Waals surface area contributed by atoms with Gasteiger partial charge in [0.15, 0.2) is 0 Å². The Labute approximate surface area is 227 Å². The summed E-state index contributed by atoms with van der Waals surface area (Å²) in [5.74, 6) is -3.67. The van der Waals surface area contributed by atoms with E-state index in [0.717, 1.165) is 38.8 Å². The van der Waals surface area contributed by atoms with Crippen LogP contribution < -0.4 is 15.5 Å². The number of amides is 4. The number of likely N-dealkylation sites (tertiary alicyclic amines) is 2. The number of anilines is 1. The Morgan fingerprint density at radius 1 is 1.08 bits per heavy atom. The molecule has 208 valence electrons. The van der Waals surface area contributed by atoms with Crippen molar-refractivity contribution in [1.29, 1.82) is 0 Å². The van der Waals surface area contributed by atoms with Gasteiger partial charge in [-0.15, -0.1) is 0 Å². The molecule has 0 radical (unpaired) electrons. The highest BCUT2D eigenvalue weighted by atomic mass is 35.5. The second-order valence-electron chi connectivity index (χ2n) is 11.4. The lowest BCUT2D eigenvalue weighted by molar-refractivity contribution is -0.120. The van der Waals surface area contributed by atoms with E-state index >= 15 is 0 Å². The fourth-order valence-electron chi connectivity index (χ4n) is 6.36. The number of carbonyl (C=O) groups is 3. The van der Waals surface area contributed by atoms with Crippen molar-refractivity contribution >= 4 is 35.1 Å². The van der Waals surface area contributed by atoms with Gasteiger partial charge in [-0.1, -0.05) is 11.6 Å². The first-order valence-corrected chi connectivity index (χ1v) is 14.0. The molecule has 4 aliphatic rings. The Hall–Kier alpha value is -2.30. The lowest BCUT2D eigenvalue weighted by atomic mass is 9.71. The number of benzene rings is 1. The molecule has 0 aromatic heterocycles. The zero-order valence-electron chi connectivity index (χ0n) is 21.8. The third kappa shape index (κ3) is 5.53. The zero-order chi connectivity index (χ0) is 27.1. The van der Waals surface area contributed by atoms with Crippen LogP contribution in [0.1, 0.15) is 54.4 Å². The van der Waals surface area contributed by atoms with Gasteiger partial charge in [0.1, 0.15) is 0 Å². The topological polar surface area (TPSA) is 85.0 Å². The van der Waals surface area contributed by atoms with Crippen molar-refractivity contribution in [2.45, 2.75) is 51.4 Å². The highest BCUT2D eigenvalue weighted by molar-refractivity contribution is 6.32. The standard InChI is InChI=1S/C27H36ClF2N5O3/c1-18-21(28)14-19(15-22(18)35-9-3-23(36)32-25(35)38)24(37)34-12-6-26(7-13-34)4-10-33(11-5-26)16-20-2-8-31-17-27(20,29)30/h14-15,20,31H,2-13,16-17H2,1H3,(H,32,36,38)/t20-/m0/s1. The number of nitrogens with one attached hydrogen (secondary N) is 2. The van der Waals surface area contributed by atoms with E-state index < -0.39 is 17.9 Å². The van der Waals surface area contributed by atoms with Crippen LogP contribution in [0.5, 0.6) is 0 Å². The Bertz CT molecular complexity index is 1100. The predicted octanol–water partition coefficient (Wildman–Crippen LogP) is 3.66. The van der Waals surface area contributed by atoms with E-state index in [0.29, 0.717) is 54.4 Å². The summed E-state index contributed by atoms with van der Waals surface area (Å²) >= 11 is 6.46. The number of imide groups is 1. The van der Waals surface area contributed by atoms with Gasteiger partial charge in [-0.25, -0.2) is 13.6 Å². The number of carbonyl (C=O) groups excluding carboxylic acids is 3. The van der Waals surface area contributed by atoms with Gasteiger partial charge in [0.25, 0.3) is 11.8 Å². The largest absolute Gasteiger partial charge is 0.339 e. The molecule has 4 heterocycles. The first kappa shape index (κ1) is 27.3. The second kappa shape index (κ2) is 10.7. The summed E-state index contributed by atoms with van der Waals surface area (Å²) in [4.78, 5) is 42.9. The van der Waals surface area contributed by atoms with E-state index in [1.807, 2.05) is 4.90 Å². The molecule has 4 fully saturated rings. The molecule has 1 aromatic rings. The summed E-state index contributed by atoms with van der Waals surface area (Å²) < 4.78 is 28.5. The number of rotatable bonds is 4. The van der Waals surface area contributed by atoms with Gasteiger partial charge in [-0.3, -0.25) is 19.8 Å². The zero-order valence-corrected chi connectivity index (χ0v) is 22.6. The summed E-state index contributed by atoms with van der Waals surface area (Å²) in [5.41, 5.74) is 1.79. The molecule has 38 heavy (non-hydrogen) atoms. The number of hydrogen-bond acceptors (Lipinski definition) is 5. The maximum Gasteiger partial charge on any atom is 0.328 e. The number of hydrogen-bond donors (Lipinski definition) is 2. The molecule has 0 saturated carbocycles. The molecule has 4 saturated heterocycles. The van der Waals surface area contributed by atoms with Crippen molar-refractivity contribution in [2.24, 2.45) is 11.3 Å². The smallest absolute Gasteiger partial charge is 0.328 e. The quantitative estimate of drug-likeness (QED) is 0.597. The SMILES string of the molecule is Cc1c(Cl)cc(C(=O)N2CCC3(CCN(C[C@@H]4CCNCC4(F)F)CC3)CC2)cc1N1CCC(=O)NC1=O. The highest BCUT2D eigenvalue weighted by Gasteiger charge is 2.44. The van der Waals surface area contributed by atoms with Crippen LogP contribution in [0.4, 0.5) is 19.3 Å². The van der Waals surface area contributed by atoms with Gasteiger partial charge in [0, 0.05) is 49.1 Å². The Balaban J connectivity index is 1.19. The van der Waals surface area contributed by atoms with Gasteiger partial charge >= 0.3 is 6.03 Å². The molecule has 2 N–H and O–H groups in total. The predicted molar refractivity (Wildman–Crippen MR) is 141 cm³/mol. The molecular weight excluding hydrogens is 516 g/mol. The van der Waals surface area contributed by atoms with Crippen LogP contribution in [0, 0.1) is 18.3 Å². The van der Waals surface area contributed by atoms with Crippen LogP contribution in [0.3, 0.4) is 0 Å². The Morgan fingerprint density at radius 2 is 1.76 bits per heavy atom. The number of halogens is 3. The van der Waals surface area contributed by atoms with Crippen LogP contribution in [-0.4, -0.2) is 85.9 Å². The lowest BCUT2D eigenvalue weighted by Crippen LogP contribution is -2.53. The summed E-state index contributed by atoms with van der Waals surface area (Å²) in [7, 11) is 0. The van der Waals surface area contributed by atoms with E-state index in [1.165, 1.54) is 4.90 Å². The third-order valence-electron chi connectivity index (χ3n) is 9.04. The summed E-state index contributed by atoms with van der Waals surface area (Å²) in [5, 5.41) is 5.52. The van der Waals surface area contributed by atoms with Crippen LogP contribution in [0.25, 0.3) is 0 Å². The fourth-order valence-corrected chi connectivity index (χ4v) is 6.58. The van der Waals surface area contributed by atoms with Crippen molar-refractivity contribution in [3.8, 4) is 0 Å². The number of nitrogens with zero attached hydrogens (tertiary/aromatic N) is 3. The van der Waals surface area contributed by atoms with Crippen molar-refractivity contribution < 1.29 is 23.2 Å². The van der Waals surface area contributed by atoms with Crippen LogP contribution in [0.2, 0.25) is 5.02 Å². The maximum atomic E-state index is 14.3. The molecule has 1 atom stereocenters. The molecule has 0 bridgehead atoms. The fraction of sp³-hybridized carbons (Fsp3) is 0.667. The van der Waals surface area contributed by atoms with Crippen molar-refractivity contribution in [3.05, 3.63) is 28.3 Å². The molecule has 8 nitrogen and oxygen atoms in total. The monoisotopic (exact) mass is 551 g/mol. The van der Waals surface area contributed by atoms with Gasteiger partial charge < -0.3 is 15.1 Å². The van der Waals surface area contributed by atoms with Gasteiger partial charge in [0.05, 0.1) is 12.2 Å². The number of urea groups is 1. The van der Waals surface area contributed by atoms with E-state index in [2.05, 4.69) is 15.5 Å². The highest BCUT2D eigenvalue weighted by Crippen LogP contribution is 2.42. The van der Waals surface area contributed by atoms with Crippen molar-refractivity contribution in [2.75, 3.05) is 57.3 Å². The normalized spacial score (nSPS) is 25.9. The van der Waals surface area contributed by atoms with Crippen molar-refractivity contribution in [3.63, 3.8) is 0 Å². The van der Waals surface area contributed by atoms with Gasteiger partial charge in [-0.05, 0) is 81.8 Å². The molecule has 5 rings (SSSR count). The average Bonchev–Trinajstić information content (AvgIpc) is 2.88. The van der Waals surface area contributed by atoms with E-state index in [-0.39, 0.29) is 36.7 Å². The number of alkyl halides is 2. The van der Waals surface area contributed by atoms with Crippen LogP contribution in [0.15, 0.2) is 12.1 Å². The molecule has 1 aromatic carbocycles. The second-order valence-corrected chi connectivity index (χ2v) is 11.8. The van der Waals surface area contributed by atoms with Crippen LogP contribution in [-0.2, 0) is 4.79 Å². The molecule has 0 aliphatic carbocycles. The summed E-state index contributed by atoms with van der Waals surface area (Å²) in [6, 6.07) is 2.83. The molecular formula is C27H36ClF2N5O3. The first-order chi connectivity index (χ1) is 18.1. The maximum absolute atomic E-state index is 14.3. The minimum absolute atomic E-state index is 0.123. The molecule has 4 aliphatic heterocycles. The van der Waals surface area contributed by atoms with E-state index in [1.54, 1.807) is 19.1 Å². The Morgan fingerprint density at radius 3 is 2.42 bits per heavy atom. The van der Waals surface area contributed by atoms with Gasteiger partial charge in [0.2, 0.25) is 5.91 Å². The minimum atomic E-state index is -2.65. The van der Waals surface area contributed by atoms with Gasteiger partial charge in [-0.2, -0.15) is 0 Å². The van der Waals surface area contributed by atoms with Crippen molar-refractivity contribution in [1.82, 2.24) is 20.4 Å². The minimum Gasteiger partial charge on any atom is -0.339 e. The van der Waals surface area contributed by atoms with E-state index in [9.17, 15) is 23.2 Å². The molecule has 1 spiro atoms. The molecule has 11 heteroatoms. The lowest BCUT2D eigenvalue weighted by Gasteiger charge is -2.48. The third-order valence-corrected chi connectivity index (χ3v) is 9.44.